The van der Waals surface area contributed by atoms with Crippen LogP contribution in [0.3, 0.4) is 0 Å². The minimum Gasteiger partial charge on any atom is -0.393 e. The highest BCUT2D eigenvalue weighted by atomic mass is 16.5. The molecule has 1 N–H and O–H groups in total. The molecule has 22 heavy (non-hydrogen) atoms. The quantitative estimate of drug-likeness (QED) is 0.542. The first-order valence-corrected chi connectivity index (χ1v) is 10.1. The van der Waals surface area contributed by atoms with Crippen LogP contribution in [0.5, 0.6) is 0 Å². The number of fused-ring (bicyclic) bond motifs is 1. The highest BCUT2D eigenvalue weighted by Gasteiger charge is 2.35. The van der Waals surface area contributed by atoms with Crippen LogP contribution in [0.25, 0.3) is 0 Å². The van der Waals surface area contributed by atoms with Crippen LogP contribution in [-0.4, -0.2) is 23.9 Å². The van der Waals surface area contributed by atoms with Crippen LogP contribution in [0.2, 0.25) is 0 Å². The molecule has 2 aliphatic rings. The Labute approximate surface area is 138 Å². The second kappa shape index (κ2) is 10.6. The lowest BCUT2D eigenvalue weighted by Crippen LogP contribution is -2.35. The van der Waals surface area contributed by atoms with E-state index in [4.69, 9.17) is 4.74 Å². The average molecular weight is 311 g/mol. The van der Waals surface area contributed by atoms with Crippen molar-refractivity contribution in [3.63, 3.8) is 0 Å². The first kappa shape index (κ1) is 18.3. The van der Waals surface area contributed by atoms with E-state index in [9.17, 15) is 5.11 Å². The van der Waals surface area contributed by atoms with Gasteiger partial charge in [-0.15, -0.1) is 0 Å². The average Bonchev–Trinajstić information content (AvgIpc) is 2.53. The maximum absolute atomic E-state index is 9.84. The van der Waals surface area contributed by atoms with E-state index in [0.29, 0.717) is 6.10 Å². The molecule has 0 heterocycles. The van der Waals surface area contributed by atoms with Crippen LogP contribution >= 0.6 is 0 Å². The fraction of sp³-hybridized carbons (Fsp3) is 1.00. The van der Waals surface area contributed by atoms with Gasteiger partial charge in [-0.05, 0) is 56.8 Å². The lowest BCUT2D eigenvalue weighted by Gasteiger charge is -2.40. The number of unbranched alkanes of at least 4 members (excludes halogenated alkanes) is 7. The van der Waals surface area contributed by atoms with Gasteiger partial charge in [0, 0.05) is 6.61 Å². The molecule has 4 atom stereocenters. The maximum atomic E-state index is 9.84. The predicted molar refractivity (Wildman–Crippen MR) is 93.0 cm³/mol. The first-order valence-electron chi connectivity index (χ1n) is 10.1. The van der Waals surface area contributed by atoms with Crippen LogP contribution in [0.15, 0.2) is 0 Å². The van der Waals surface area contributed by atoms with Crippen molar-refractivity contribution in [2.24, 2.45) is 11.8 Å². The summed E-state index contributed by atoms with van der Waals surface area (Å²) < 4.78 is 6.13. The molecule has 2 rings (SSSR count). The minimum absolute atomic E-state index is 0.0345. The summed E-state index contributed by atoms with van der Waals surface area (Å²) in [5, 5.41) is 9.84. The van der Waals surface area contributed by atoms with E-state index in [1.807, 2.05) is 0 Å². The summed E-state index contributed by atoms with van der Waals surface area (Å²) in [6.07, 6.45) is 18.5. The maximum Gasteiger partial charge on any atom is 0.0578 e. The van der Waals surface area contributed by atoms with Gasteiger partial charge in [-0.2, -0.15) is 0 Å². The molecule has 2 saturated carbocycles. The van der Waals surface area contributed by atoms with Crippen molar-refractivity contribution in [1.82, 2.24) is 0 Å². The molecule has 2 nitrogen and oxygen atoms in total. The molecular weight excluding hydrogens is 272 g/mol. The fourth-order valence-corrected chi connectivity index (χ4v) is 4.46. The van der Waals surface area contributed by atoms with Crippen molar-refractivity contribution in [3.8, 4) is 0 Å². The van der Waals surface area contributed by atoms with Gasteiger partial charge < -0.3 is 9.84 Å². The number of aliphatic hydroxyl groups excluding tert-OH is 1. The molecule has 2 heteroatoms. The zero-order chi connectivity index (χ0) is 15.6. The van der Waals surface area contributed by atoms with Gasteiger partial charge in [0.2, 0.25) is 0 Å². The van der Waals surface area contributed by atoms with E-state index in [0.717, 1.165) is 31.3 Å². The Balaban J connectivity index is 1.46. The summed E-state index contributed by atoms with van der Waals surface area (Å²) in [5.74, 6) is 1.62. The largest absolute Gasteiger partial charge is 0.393 e. The molecule has 0 spiro atoms. The second-order valence-electron chi connectivity index (χ2n) is 7.77. The standard InChI is InChI=1S/C20H38O2/c1-2-3-4-5-6-7-8-9-14-22-20-13-11-17-10-12-19(21)15-18(17)16-20/h17-21H,2-16H2,1H3. The third-order valence-corrected chi connectivity index (χ3v) is 5.89. The van der Waals surface area contributed by atoms with Crippen molar-refractivity contribution in [1.29, 1.82) is 0 Å². The molecule has 0 saturated heterocycles. The van der Waals surface area contributed by atoms with Crippen molar-refractivity contribution in [2.75, 3.05) is 6.61 Å². The number of ether oxygens (including phenoxy) is 1. The normalized spacial score (nSPS) is 31.9. The molecule has 2 fully saturated rings. The number of hydrogen-bond donors (Lipinski definition) is 1. The predicted octanol–water partition coefficient (Wildman–Crippen LogP) is 5.47. The molecule has 0 aromatic carbocycles. The van der Waals surface area contributed by atoms with Gasteiger partial charge in [0.05, 0.1) is 12.2 Å². The van der Waals surface area contributed by atoms with Crippen LogP contribution in [0.4, 0.5) is 0 Å². The highest BCUT2D eigenvalue weighted by Crippen LogP contribution is 2.41. The first-order chi connectivity index (χ1) is 10.8. The van der Waals surface area contributed by atoms with Gasteiger partial charge in [0.15, 0.2) is 0 Å². The molecule has 0 amide bonds. The van der Waals surface area contributed by atoms with Crippen molar-refractivity contribution < 1.29 is 9.84 Å². The molecular formula is C20H38O2. The Morgan fingerprint density at radius 1 is 0.773 bits per heavy atom. The topological polar surface area (TPSA) is 29.5 Å². The summed E-state index contributed by atoms with van der Waals surface area (Å²) in [7, 11) is 0. The van der Waals surface area contributed by atoms with E-state index in [2.05, 4.69) is 6.92 Å². The highest BCUT2D eigenvalue weighted by molar-refractivity contribution is 4.86. The third-order valence-electron chi connectivity index (χ3n) is 5.89. The molecule has 0 aromatic heterocycles. The van der Waals surface area contributed by atoms with Gasteiger partial charge >= 0.3 is 0 Å². The zero-order valence-electron chi connectivity index (χ0n) is 14.8. The summed E-state index contributed by atoms with van der Waals surface area (Å²) in [4.78, 5) is 0. The Morgan fingerprint density at radius 3 is 2.23 bits per heavy atom. The third kappa shape index (κ3) is 6.58. The van der Waals surface area contributed by atoms with Gasteiger partial charge in [-0.3, -0.25) is 0 Å². The lowest BCUT2D eigenvalue weighted by atomic mass is 9.69. The van der Waals surface area contributed by atoms with E-state index < -0.39 is 0 Å². The summed E-state index contributed by atoms with van der Waals surface area (Å²) in [6.45, 7) is 3.23. The Kier molecular flexibility index (Phi) is 8.84. The minimum atomic E-state index is -0.0345. The van der Waals surface area contributed by atoms with E-state index >= 15 is 0 Å². The second-order valence-corrected chi connectivity index (χ2v) is 7.77. The fourth-order valence-electron chi connectivity index (χ4n) is 4.46. The number of rotatable bonds is 10. The van der Waals surface area contributed by atoms with Gasteiger partial charge in [0.1, 0.15) is 0 Å². The van der Waals surface area contributed by atoms with Gasteiger partial charge in [-0.25, -0.2) is 0 Å². The molecule has 2 aliphatic carbocycles. The lowest BCUT2D eigenvalue weighted by molar-refractivity contribution is -0.0337. The molecule has 0 aromatic rings. The van der Waals surface area contributed by atoms with Gasteiger partial charge in [0.25, 0.3) is 0 Å². The van der Waals surface area contributed by atoms with Crippen LogP contribution < -0.4 is 0 Å². The zero-order valence-corrected chi connectivity index (χ0v) is 14.8. The SMILES string of the molecule is CCCCCCCCCCOC1CCC2CCC(O)CC2C1. The van der Waals surface area contributed by atoms with Crippen LogP contribution in [0, 0.1) is 11.8 Å². The van der Waals surface area contributed by atoms with Crippen molar-refractivity contribution in [3.05, 3.63) is 0 Å². The van der Waals surface area contributed by atoms with Crippen LogP contribution in [0.1, 0.15) is 96.8 Å². The number of hydrogen-bond acceptors (Lipinski definition) is 2. The summed E-state index contributed by atoms with van der Waals surface area (Å²) in [5.41, 5.74) is 0. The Hall–Kier alpha value is -0.0800. The summed E-state index contributed by atoms with van der Waals surface area (Å²) >= 11 is 0. The van der Waals surface area contributed by atoms with Crippen LogP contribution in [-0.2, 0) is 4.74 Å². The number of aliphatic hydroxyl groups is 1. The van der Waals surface area contributed by atoms with E-state index in [1.54, 1.807) is 0 Å². The molecule has 0 radical (unpaired) electrons. The molecule has 4 unspecified atom stereocenters. The van der Waals surface area contributed by atoms with E-state index in [1.165, 1.54) is 77.0 Å². The summed E-state index contributed by atoms with van der Waals surface area (Å²) in [6, 6.07) is 0. The molecule has 0 bridgehead atoms. The Bertz CT molecular complexity index is 279. The van der Waals surface area contributed by atoms with Crippen molar-refractivity contribution >= 4 is 0 Å². The monoisotopic (exact) mass is 310 g/mol. The van der Waals surface area contributed by atoms with E-state index in [-0.39, 0.29) is 6.10 Å². The molecule has 0 aliphatic heterocycles. The smallest absolute Gasteiger partial charge is 0.0578 e. The van der Waals surface area contributed by atoms with Gasteiger partial charge in [-0.1, -0.05) is 51.9 Å². The molecule has 130 valence electrons. The van der Waals surface area contributed by atoms with Crippen molar-refractivity contribution in [2.45, 2.75) is 109 Å². The Morgan fingerprint density at radius 2 is 1.45 bits per heavy atom.